The molecule has 2 rings (SSSR count). The van der Waals surface area contributed by atoms with Crippen molar-refractivity contribution in [2.45, 2.75) is 130 Å². The minimum Gasteiger partial charge on any atom is -1.00 e. The number of carbonyl (C=O) groups is 1. The van der Waals surface area contributed by atoms with Gasteiger partial charge >= 0.3 is 0 Å². The lowest BCUT2D eigenvalue weighted by molar-refractivity contribution is -0.693. The maximum atomic E-state index is 12.8. The maximum absolute atomic E-state index is 12.8. The second-order valence-electron chi connectivity index (χ2n) is 10.7. The quantitative estimate of drug-likeness (QED) is 0.0991. The Kier molecular flexibility index (Phi) is 20.6. The Hall–Kier alpha value is -1.83. The van der Waals surface area contributed by atoms with Crippen LogP contribution in [-0.2, 0) is 6.54 Å². The van der Waals surface area contributed by atoms with Gasteiger partial charge in [0.2, 0.25) is 0 Å². The zero-order valence-corrected chi connectivity index (χ0v) is 27.8. The Morgan fingerprint density at radius 2 is 1.32 bits per heavy atom. The van der Waals surface area contributed by atoms with Crippen molar-refractivity contribution in [2.24, 2.45) is 0 Å². The molecule has 0 aliphatic rings. The molecular weight excluding hydrogens is 611 g/mol. The molecule has 1 unspecified atom stereocenters. The second-order valence-corrected chi connectivity index (χ2v) is 10.7. The molecule has 0 saturated heterocycles. The number of rotatable bonds is 22. The highest BCUT2D eigenvalue weighted by atomic mass is 127. The van der Waals surface area contributed by atoms with Crippen molar-refractivity contribution in [2.75, 3.05) is 13.7 Å². The van der Waals surface area contributed by atoms with Gasteiger partial charge in [0, 0.05) is 12.1 Å². The van der Waals surface area contributed by atoms with Crippen LogP contribution in [0.5, 0.6) is 11.5 Å². The molecule has 0 aliphatic carbocycles. The third kappa shape index (κ3) is 14.2. The molecule has 1 aromatic heterocycles. The van der Waals surface area contributed by atoms with Crippen LogP contribution >= 0.6 is 0 Å². The van der Waals surface area contributed by atoms with Crippen LogP contribution in [0.3, 0.4) is 0 Å². The number of nitrogens with one attached hydrogen (secondary N) is 1. The molecule has 2 aromatic rings. The summed E-state index contributed by atoms with van der Waals surface area (Å²) in [7, 11) is 1.67. The van der Waals surface area contributed by atoms with Crippen LogP contribution in [0.4, 0.5) is 0 Å². The zero-order valence-electron chi connectivity index (χ0n) is 25.7. The normalized spacial score (nSPS) is 11.5. The van der Waals surface area contributed by atoms with Gasteiger partial charge in [0.1, 0.15) is 6.54 Å². The third-order valence-corrected chi connectivity index (χ3v) is 7.58. The summed E-state index contributed by atoms with van der Waals surface area (Å²) in [5.74, 6) is 1.42. The average Bonchev–Trinajstić information content (AvgIpc) is 2.97. The predicted molar refractivity (Wildman–Crippen MR) is 162 cm³/mol. The van der Waals surface area contributed by atoms with Crippen molar-refractivity contribution in [3.8, 4) is 11.5 Å². The van der Waals surface area contributed by atoms with Crippen molar-refractivity contribution < 1.29 is 42.8 Å². The summed E-state index contributed by atoms with van der Waals surface area (Å²) in [6.45, 7) is 8.02. The number of hydrogen-bond donors (Lipinski definition) is 1. The summed E-state index contributed by atoms with van der Waals surface area (Å²) in [6, 6.07) is 9.63. The summed E-state index contributed by atoms with van der Waals surface area (Å²) < 4.78 is 13.7. The number of pyridine rings is 1. The topological polar surface area (TPSA) is 51.4 Å². The van der Waals surface area contributed by atoms with Gasteiger partial charge in [-0.3, -0.25) is 4.79 Å². The summed E-state index contributed by atoms with van der Waals surface area (Å²) >= 11 is 0. The fourth-order valence-electron chi connectivity index (χ4n) is 4.98. The van der Waals surface area contributed by atoms with Crippen molar-refractivity contribution in [1.29, 1.82) is 0 Å². The van der Waals surface area contributed by atoms with E-state index >= 15 is 0 Å². The van der Waals surface area contributed by atoms with Crippen LogP contribution in [0, 0.1) is 0 Å². The lowest BCUT2D eigenvalue weighted by atomic mass is 10.0. The minimum absolute atomic E-state index is 0. The Balaban J connectivity index is 0.00000800. The van der Waals surface area contributed by atoms with Crippen LogP contribution in [-0.4, -0.2) is 19.6 Å². The first-order chi connectivity index (χ1) is 19.1. The van der Waals surface area contributed by atoms with E-state index in [0.29, 0.717) is 17.9 Å². The number of nitrogens with zero attached hydrogens (tertiary/aromatic N) is 1. The molecule has 1 heterocycles. The second kappa shape index (κ2) is 22.8. The van der Waals surface area contributed by atoms with E-state index < -0.39 is 0 Å². The molecule has 0 fully saturated rings. The van der Waals surface area contributed by atoms with Gasteiger partial charge in [-0.25, -0.2) is 4.57 Å². The highest BCUT2D eigenvalue weighted by Crippen LogP contribution is 2.31. The molecule has 1 amide bonds. The van der Waals surface area contributed by atoms with Crippen LogP contribution < -0.4 is 43.3 Å². The largest absolute Gasteiger partial charge is 1.00 e. The van der Waals surface area contributed by atoms with E-state index in [2.05, 4.69) is 26.1 Å². The number of hydrogen-bond acceptors (Lipinski definition) is 3. The van der Waals surface area contributed by atoms with Gasteiger partial charge in [0.25, 0.3) is 5.91 Å². The molecule has 0 saturated carbocycles. The summed E-state index contributed by atoms with van der Waals surface area (Å²) in [5, 5.41) is 3.16. The molecule has 0 spiro atoms. The van der Waals surface area contributed by atoms with Crippen molar-refractivity contribution in [3.05, 3.63) is 53.9 Å². The molecule has 1 atom stereocenters. The zero-order chi connectivity index (χ0) is 28.1. The molecular formula is C34H55IN2O3. The highest BCUT2D eigenvalue weighted by molar-refractivity contribution is 5.94. The van der Waals surface area contributed by atoms with Gasteiger partial charge in [0.05, 0.1) is 25.3 Å². The first-order valence-electron chi connectivity index (χ1n) is 15.7. The van der Waals surface area contributed by atoms with E-state index in [1.54, 1.807) is 7.11 Å². The van der Waals surface area contributed by atoms with Gasteiger partial charge in [-0.05, 0) is 37.5 Å². The van der Waals surface area contributed by atoms with E-state index in [0.717, 1.165) is 30.7 Å². The fourth-order valence-corrected chi connectivity index (χ4v) is 4.98. The van der Waals surface area contributed by atoms with Crippen molar-refractivity contribution >= 4 is 5.91 Å². The van der Waals surface area contributed by atoms with Gasteiger partial charge in [-0.15, -0.1) is 0 Å². The van der Waals surface area contributed by atoms with Crippen LogP contribution in [0.1, 0.15) is 139 Å². The number of amides is 1. The molecule has 1 aromatic carbocycles. The molecule has 1 N–H and O–H groups in total. The number of ether oxygens (including phenoxy) is 2. The number of aromatic nitrogens is 1. The maximum Gasteiger partial charge on any atom is 0.252 e. The highest BCUT2D eigenvalue weighted by Gasteiger charge is 2.17. The molecule has 40 heavy (non-hydrogen) atoms. The SMILES string of the molecule is CCCCCCCCCCCCCCCCOc1ccc(C(CC)NC(=O)c2cc[n+](CC)cc2)cc1OC.[I-]. The van der Waals surface area contributed by atoms with E-state index in [1.807, 2.05) is 47.3 Å². The Bertz CT molecular complexity index is 920. The molecule has 226 valence electrons. The summed E-state index contributed by atoms with van der Waals surface area (Å²) in [5.41, 5.74) is 1.68. The number of aryl methyl sites for hydroxylation is 1. The van der Waals surface area contributed by atoms with Gasteiger partial charge in [0.15, 0.2) is 23.9 Å². The minimum atomic E-state index is -0.0928. The monoisotopic (exact) mass is 666 g/mol. The van der Waals surface area contributed by atoms with Crippen LogP contribution in [0.2, 0.25) is 0 Å². The number of carbonyl (C=O) groups excluding carboxylic acids is 1. The smallest absolute Gasteiger partial charge is 0.252 e. The number of benzene rings is 1. The van der Waals surface area contributed by atoms with Gasteiger partial charge < -0.3 is 38.8 Å². The van der Waals surface area contributed by atoms with Gasteiger partial charge in [-0.2, -0.15) is 0 Å². The van der Waals surface area contributed by atoms with E-state index in [4.69, 9.17) is 9.47 Å². The lowest BCUT2D eigenvalue weighted by Crippen LogP contribution is -3.00. The van der Waals surface area contributed by atoms with E-state index in [9.17, 15) is 4.79 Å². The summed E-state index contributed by atoms with van der Waals surface area (Å²) in [4.78, 5) is 12.8. The lowest BCUT2D eigenvalue weighted by Gasteiger charge is -2.19. The number of unbranched alkanes of at least 4 members (excludes halogenated alkanes) is 13. The van der Waals surface area contributed by atoms with E-state index in [1.165, 1.54) is 83.5 Å². The number of methoxy groups -OCH3 is 1. The van der Waals surface area contributed by atoms with Crippen LogP contribution in [0.25, 0.3) is 0 Å². The van der Waals surface area contributed by atoms with Crippen molar-refractivity contribution in [3.63, 3.8) is 0 Å². The van der Waals surface area contributed by atoms with Crippen molar-refractivity contribution in [1.82, 2.24) is 5.32 Å². The first kappa shape index (κ1) is 36.2. The predicted octanol–water partition coefficient (Wildman–Crippen LogP) is 5.75. The molecule has 0 radical (unpaired) electrons. The standard InChI is InChI=1S/C34H54N2O3.HI/c1-5-8-9-10-11-12-13-14-15-16-17-18-19-20-27-39-32-22-21-30(28-33(32)38-4)31(6-2)35-34(37)29-23-25-36(7-3)26-24-29;/h21-26,28,31H,5-20,27H2,1-4H3;1H. The molecule has 0 bridgehead atoms. The van der Waals surface area contributed by atoms with Gasteiger partial charge in [-0.1, -0.05) is 103 Å². The Morgan fingerprint density at radius 1 is 0.775 bits per heavy atom. The molecule has 0 aliphatic heterocycles. The third-order valence-electron chi connectivity index (χ3n) is 7.58. The Labute approximate surface area is 261 Å². The Morgan fingerprint density at radius 3 is 1.82 bits per heavy atom. The number of halogens is 1. The fraction of sp³-hybridized carbons (Fsp3) is 0.647. The van der Waals surface area contributed by atoms with Crippen LogP contribution in [0.15, 0.2) is 42.7 Å². The molecule has 6 heteroatoms. The summed E-state index contributed by atoms with van der Waals surface area (Å²) in [6.07, 6.45) is 23.6. The average molecular weight is 667 g/mol. The molecule has 5 nitrogen and oxygen atoms in total. The van der Waals surface area contributed by atoms with E-state index in [-0.39, 0.29) is 35.9 Å². The first-order valence-corrected chi connectivity index (χ1v) is 15.7.